The highest BCUT2D eigenvalue weighted by Crippen LogP contribution is 2.34. The molecule has 0 aromatic rings. The number of nitrogens with zero attached hydrogens (tertiary/aromatic N) is 1. The molecule has 20 heavy (non-hydrogen) atoms. The molecule has 0 aromatic carbocycles. The summed E-state index contributed by atoms with van der Waals surface area (Å²) in [6.07, 6.45) is 2.75. The lowest BCUT2D eigenvalue weighted by Crippen LogP contribution is -2.49. The van der Waals surface area contributed by atoms with Gasteiger partial charge in [0.15, 0.2) is 0 Å². The van der Waals surface area contributed by atoms with E-state index in [0.717, 1.165) is 25.8 Å². The molecule has 0 aromatic heterocycles. The van der Waals surface area contributed by atoms with E-state index in [4.69, 9.17) is 0 Å². The van der Waals surface area contributed by atoms with Crippen molar-refractivity contribution in [3.63, 3.8) is 0 Å². The number of carboxylic acid groups (broad SMARTS) is 1. The Balaban J connectivity index is 2.56. The summed E-state index contributed by atoms with van der Waals surface area (Å²) in [6, 6.07) is 0.329. The first-order valence-electron chi connectivity index (χ1n) is 7.53. The van der Waals surface area contributed by atoms with Gasteiger partial charge in [-0.1, -0.05) is 6.92 Å². The van der Waals surface area contributed by atoms with Gasteiger partial charge in [0, 0.05) is 19.1 Å². The molecular formula is C15H28N2O3. The van der Waals surface area contributed by atoms with E-state index >= 15 is 0 Å². The lowest BCUT2D eigenvalue weighted by Gasteiger charge is -2.39. The smallest absolute Gasteiger partial charge is 0.309 e. The number of likely N-dealkylation sites (tertiary alicyclic amines) is 1. The minimum absolute atomic E-state index is 0.0290. The molecular weight excluding hydrogens is 256 g/mol. The van der Waals surface area contributed by atoms with Crippen LogP contribution in [0.4, 0.5) is 0 Å². The Hall–Kier alpha value is -1.10. The van der Waals surface area contributed by atoms with Crippen molar-refractivity contribution in [2.24, 2.45) is 11.3 Å². The summed E-state index contributed by atoms with van der Waals surface area (Å²) in [5, 5.41) is 12.5. The van der Waals surface area contributed by atoms with Crippen molar-refractivity contribution < 1.29 is 14.7 Å². The summed E-state index contributed by atoms with van der Waals surface area (Å²) in [6.45, 7) is 9.29. The van der Waals surface area contributed by atoms with E-state index in [1.807, 2.05) is 4.90 Å². The molecule has 5 heteroatoms. The van der Waals surface area contributed by atoms with Gasteiger partial charge < -0.3 is 15.3 Å². The van der Waals surface area contributed by atoms with Crippen LogP contribution < -0.4 is 5.32 Å². The van der Waals surface area contributed by atoms with Crippen LogP contribution in [0.25, 0.3) is 0 Å². The van der Waals surface area contributed by atoms with Gasteiger partial charge in [0.25, 0.3) is 0 Å². The zero-order valence-corrected chi connectivity index (χ0v) is 13.1. The number of aliphatic carboxylic acids is 1. The van der Waals surface area contributed by atoms with Gasteiger partial charge in [0.05, 0.1) is 12.0 Å². The Morgan fingerprint density at radius 3 is 2.65 bits per heavy atom. The van der Waals surface area contributed by atoms with Gasteiger partial charge >= 0.3 is 5.97 Å². The molecule has 1 fully saturated rings. The SMILES string of the molecule is CCC(C)NCC(=O)N1CCCC(C(C)(C)C(=O)O)C1. The Morgan fingerprint density at radius 2 is 2.10 bits per heavy atom. The fourth-order valence-electron chi connectivity index (χ4n) is 2.49. The second-order valence-electron chi connectivity index (χ2n) is 6.40. The summed E-state index contributed by atoms with van der Waals surface area (Å²) in [4.78, 5) is 25.3. The standard InChI is InChI=1S/C15H28N2O3/c1-5-11(2)16-9-13(18)17-8-6-7-12(10-17)15(3,4)14(19)20/h11-12,16H,5-10H2,1-4H3,(H,19,20). The van der Waals surface area contributed by atoms with Gasteiger partial charge in [0.2, 0.25) is 5.91 Å². The zero-order valence-electron chi connectivity index (χ0n) is 13.1. The largest absolute Gasteiger partial charge is 0.481 e. The van der Waals surface area contributed by atoms with E-state index in [1.165, 1.54) is 0 Å². The van der Waals surface area contributed by atoms with Crippen LogP contribution in [0.2, 0.25) is 0 Å². The summed E-state index contributed by atoms with van der Waals surface area (Å²) in [7, 11) is 0. The second kappa shape index (κ2) is 7.07. The van der Waals surface area contributed by atoms with Gasteiger partial charge in [0.1, 0.15) is 0 Å². The van der Waals surface area contributed by atoms with Crippen LogP contribution in [0.15, 0.2) is 0 Å². The monoisotopic (exact) mass is 284 g/mol. The fourth-order valence-corrected chi connectivity index (χ4v) is 2.49. The summed E-state index contributed by atoms with van der Waals surface area (Å²) in [5.74, 6) is -0.674. The molecule has 0 radical (unpaired) electrons. The Bertz CT molecular complexity index is 355. The van der Waals surface area contributed by atoms with Crippen molar-refractivity contribution in [1.82, 2.24) is 10.2 Å². The van der Waals surface area contributed by atoms with E-state index < -0.39 is 11.4 Å². The van der Waals surface area contributed by atoms with E-state index in [1.54, 1.807) is 13.8 Å². The lowest BCUT2D eigenvalue weighted by molar-refractivity contribution is -0.153. The maximum absolute atomic E-state index is 12.2. The number of carbonyl (C=O) groups excluding carboxylic acids is 1. The normalized spacial score (nSPS) is 21.6. The molecule has 0 aliphatic carbocycles. The van der Waals surface area contributed by atoms with Crippen molar-refractivity contribution in [1.29, 1.82) is 0 Å². The average molecular weight is 284 g/mol. The third-order valence-electron chi connectivity index (χ3n) is 4.56. The van der Waals surface area contributed by atoms with Crippen LogP contribution in [0.5, 0.6) is 0 Å². The number of amides is 1. The lowest BCUT2D eigenvalue weighted by atomic mass is 9.74. The first-order valence-corrected chi connectivity index (χ1v) is 7.53. The quantitative estimate of drug-likeness (QED) is 0.779. The number of hydrogen-bond donors (Lipinski definition) is 2. The Labute approximate surface area is 121 Å². The molecule has 1 aliphatic heterocycles. The maximum Gasteiger partial charge on any atom is 0.309 e. The van der Waals surface area contributed by atoms with E-state index in [-0.39, 0.29) is 11.8 Å². The number of piperidine rings is 1. The van der Waals surface area contributed by atoms with Crippen LogP contribution >= 0.6 is 0 Å². The second-order valence-corrected chi connectivity index (χ2v) is 6.40. The third kappa shape index (κ3) is 4.20. The predicted octanol–water partition coefficient (Wildman–Crippen LogP) is 1.72. The zero-order chi connectivity index (χ0) is 15.3. The van der Waals surface area contributed by atoms with Crippen LogP contribution in [0, 0.1) is 11.3 Å². The molecule has 2 atom stereocenters. The van der Waals surface area contributed by atoms with Gasteiger partial charge in [-0.15, -0.1) is 0 Å². The minimum atomic E-state index is -0.783. The topological polar surface area (TPSA) is 69.6 Å². The molecule has 1 aliphatic rings. The molecule has 0 saturated carbocycles. The van der Waals surface area contributed by atoms with Crippen molar-refractivity contribution in [3.05, 3.63) is 0 Å². The highest BCUT2D eigenvalue weighted by molar-refractivity contribution is 5.79. The molecule has 2 unspecified atom stereocenters. The predicted molar refractivity (Wildman–Crippen MR) is 78.5 cm³/mol. The maximum atomic E-state index is 12.2. The molecule has 2 N–H and O–H groups in total. The first kappa shape index (κ1) is 17.0. The molecule has 1 rings (SSSR count). The number of carbonyl (C=O) groups is 2. The number of rotatable bonds is 6. The number of carboxylic acids is 1. The molecule has 116 valence electrons. The number of nitrogens with one attached hydrogen (secondary N) is 1. The van der Waals surface area contributed by atoms with Crippen molar-refractivity contribution >= 4 is 11.9 Å². The molecule has 0 spiro atoms. The molecule has 1 saturated heterocycles. The Morgan fingerprint density at radius 1 is 1.45 bits per heavy atom. The van der Waals surface area contributed by atoms with Crippen LogP contribution in [0.1, 0.15) is 47.0 Å². The van der Waals surface area contributed by atoms with E-state index in [2.05, 4.69) is 19.2 Å². The van der Waals surface area contributed by atoms with Crippen molar-refractivity contribution in [3.8, 4) is 0 Å². The summed E-state index contributed by atoms with van der Waals surface area (Å²) in [5.41, 5.74) is -0.775. The summed E-state index contributed by atoms with van der Waals surface area (Å²) >= 11 is 0. The van der Waals surface area contributed by atoms with Crippen LogP contribution in [-0.4, -0.2) is 47.6 Å². The Kier molecular flexibility index (Phi) is 5.99. The average Bonchev–Trinajstić information content (AvgIpc) is 2.44. The van der Waals surface area contributed by atoms with Gasteiger partial charge in [-0.2, -0.15) is 0 Å². The van der Waals surface area contributed by atoms with Gasteiger partial charge in [-0.3, -0.25) is 9.59 Å². The van der Waals surface area contributed by atoms with Crippen LogP contribution in [-0.2, 0) is 9.59 Å². The minimum Gasteiger partial charge on any atom is -0.481 e. The van der Waals surface area contributed by atoms with Gasteiger partial charge in [-0.25, -0.2) is 0 Å². The van der Waals surface area contributed by atoms with Crippen molar-refractivity contribution in [2.45, 2.75) is 53.0 Å². The fraction of sp³-hybridized carbons (Fsp3) is 0.867. The highest BCUT2D eigenvalue weighted by atomic mass is 16.4. The highest BCUT2D eigenvalue weighted by Gasteiger charge is 2.39. The van der Waals surface area contributed by atoms with E-state index in [9.17, 15) is 14.7 Å². The van der Waals surface area contributed by atoms with Crippen LogP contribution in [0.3, 0.4) is 0 Å². The molecule has 5 nitrogen and oxygen atoms in total. The number of hydrogen-bond acceptors (Lipinski definition) is 3. The summed E-state index contributed by atoms with van der Waals surface area (Å²) < 4.78 is 0. The van der Waals surface area contributed by atoms with Gasteiger partial charge in [-0.05, 0) is 46.0 Å². The molecule has 0 bridgehead atoms. The van der Waals surface area contributed by atoms with Crippen molar-refractivity contribution in [2.75, 3.05) is 19.6 Å². The third-order valence-corrected chi connectivity index (χ3v) is 4.56. The first-order chi connectivity index (χ1) is 9.28. The molecule has 1 amide bonds. The molecule has 1 heterocycles. The van der Waals surface area contributed by atoms with E-state index in [0.29, 0.717) is 19.1 Å².